The van der Waals surface area contributed by atoms with Gasteiger partial charge in [0.05, 0.1) is 11.6 Å². The minimum absolute atomic E-state index is 0.518. The van der Waals surface area contributed by atoms with Gasteiger partial charge in [-0.3, -0.25) is 0 Å². The molecule has 0 aliphatic rings. The third kappa shape index (κ3) is 3.62. The van der Waals surface area contributed by atoms with Crippen molar-refractivity contribution in [2.24, 2.45) is 0 Å². The lowest BCUT2D eigenvalue weighted by molar-refractivity contribution is 0.258. The largest absolute Gasteiger partial charge is 0.493 e. The molecule has 1 atom stereocenters. The molecule has 1 aromatic carbocycles. The molecule has 0 spiro atoms. The molecule has 92 valence electrons. The second kappa shape index (κ2) is 6.48. The Balaban J connectivity index is 3.08. The highest BCUT2D eigenvalue weighted by Crippen LogP contribution is 2.37. The van der Waals surface area contributed by atoms with Crippen LogP contribution in [0, 0.1) is 11.3 Å². The summed E-state index contributed by atoms with van der Waals surface area (Å²) in [6.45, 7) is 2.43. The summed E-state index contributed by atoms with van der Waals surface area (Å²) in [5, 5.41) is 11.8. The molecule has 1 N–H and O–H groups in total. The van der Waals surface area contributed by atoms with E-state index < -0.39 is 6.10 Å². The van der Waals surface area contributed by atoms with E-state index in [9.17, 15) is 0 Å². The zero-order valence-corrected chi connectivity index (χ0v) is 11.7. The Morgan fingerprint density at radius 2 is 2.24 bits per heavy atom. The predicted molar refractivity (Wildman–Crippen MR) is 69.2 cm³/mol. The molecule has 1 aromatic rings. The van der Waals surface area contributed by atoms with E-state index >= 15 is 0 Å². The number of halogens is 1. The first-order chi connectivity index (χ1) is 8.12. The fraction of sp³-hybridized carbons (Fsp3) is 0.417. The molecular formula is C12H15BrN2O2. The monoisotopic (exact) mass is 298 g/mol. The van der Waals surface area contributed by atoms with Gasteiger partial charge < -0.3 is 14.8 Å². The summed E-state index contributed by atoms with van der Waals surface area (Å²) in [6, 6.07) is 5.85. The van der Waals surface area contributed by atoms with E-state index in [1.165, 1.54) is 0 Å². The number of benzene rings is 1. The molecule has 17 heavy (non-hydrogen) atoms. The fourth-order valence-electron chi connectivity index (χ4n) is 1.40. The number of hydrogen-bond acceptors (Lipinski definition) is 4. The third-order valence-electron chi connectivity index (χ3n) is 2.15. The van der Waals surface area contributed by atoms with Crippen LogP contribution in [0.3, 0.4) is 0 Å². The van der Waals surface area contributed by atoms with Gasteiger partial charge in [0.15, 0.2) is 17.6 Å². The number of nitrogens with one attached hydrogen (secondary N) is 1. The van der Waals surface area contributed by atoms with E-state index in [0.717, 1.165) is 16.6 Å². The van der Waals surface area contributed by atoms with Gasteiger partial charge in [-0.25, -0.2) is 0 Å². The van der Waals surface area contributed by atoms with Crippen LogP contribution in [0.25, 0.3) is 0 Å². The van der Waals surface area contributed by atoms with Crippen molar-refractivity contribution in [1.29, 1.82) is 5.26 Å². The summed E-state index contributed by atoms with van der Waals surface area (Å²) in [5.74, 6) is 1.17. The Morgan fingerprint density at radius 1 is 1.53 bits per heavy atom. The number of rotatable bonds is 5. The minimum atomic E-state index is -0.518. The maximum absolute atomic E-state index is 8.75. The van der Waals surface area contributed by atoms with Crippen molar-refractivity contribution in [2.75, 3.05) is 14.2 Å². The lowest BCUT2D eigenvalue weighted by Crippen LogP contribution is -2.11. The highest BCUT2D eigenvalue weighted by molar-refractivity contribution is 9.10. The van der Waals surface area contributed by atoms with Crippen LogP contribution < -0.4 is 14.8 Å². The van der Waals surface area contributed by atoms with E-state index in [1.54, 1.807) is 14.0 Å². The highest BCUT2D eigenvalue weighted by atomic mass is 79.9. The molecular weight excluding hydrogens is 284 g/mol. The van der Waals surface area contributed by atoms with Crippen LogP contribution in [0.2, 0.25) is 0 Å². The SMILES string of the molecule is CNCc1cc(Br)c(OC(C)C#N)c(OC)c1. The van der Waals surface area contributed by atoms with Crippen LogP contribution in [0.1, 0.15) is 12.5 Å². The van der Waals surface area contributed by atoms with Crippen molar-refractivity contribution in [3.63, 3.8) is 0 Å². The van der Waals surface area contributed by atoms with Gasteiger partial charge in [0.25, 0.3) is 0 Å². The lowest BCUT2D eigenvalue weighted by Gasteiger charge is -2.15. The smallest absolute Gasteiger partial charge is 0.181 e. The first-order valence-corrected chi connectivity index (χ1v) is 5.99. The van der Waals surface area contributed by atoms with Crippen LogP contribution in [-0.4, -0.2) is 20.3 Å². The molecule has 0 aliphatic heterocycles. The average Bonchev–Trinajstić information content (AvgIpc) is 2.32. The van der Waals surface area contributed by atoms with Crippen molar-refractivity contribution in [3.8, 4) is 17.6 Å². The van der Waals surface area contributed by atoms with Crippen LogP contribution in [0.5, 0.6) is 11.5 Å². The molecule has 0 aliphatic carbocycles. The number of nitriles is 1. The van der Waals surface area contributed by atoms with E-state index in [-0.39, 0.29) is 0 Å². The summed E-state index contributed by atoms with van der Waals surface area (Å²) in [4.78, 5) is 0. The second-order valence-electron chi connectivity index (χ2n) is 3.53. The van der Waals surface area contributed by atoms with Crippen molar-refractivity contribution >= 4 is 15.9 Å². The minimum Gasteiger partial charge on any atom is -0.493 e. The number of ether oxygens (including phenoxy) is 2. The fourth-order valence-corrected chi connectivity index (χ4v) is 1.98. The van der Waals surface area contributed by atoms with Crippen molar-refractivity contribution < 1.29 is 9.47 Å². The summed E-state index contributed by atoms with van der Waals surface area (Å²) < 4.78 is 11.5. The zero-order chi connectivity index (χ0) is 12.8. The number of nitrogens with zero attached hydrogens (tertiary/aromatic N) is 1. The second-order valence-corrected chi connectivity index (χ2v) is 4.38. The maximum atomic E-state index is 8.75. The molecule has 0 radical (unpaired) electrons. The van der Waals surface area contributed by atoms with E-state index in [2.05, 4.69) is 21.2 Å². The molecule has 0 saturated carbocycles. The normalized spacial score (nSPS) is 11.7. The van der Waals surface area contributed by atoms with Gasteiger partial charge in [0, 0.05) is 6.54 Å². The van der Waals surface area contributed by atoms with Crippen LogP contribution in [0.15, 0.2) is 16.6 Å². The van der Waals surface area contributed by atoms with E-state index in [0.29, 0.717) is 11.5 Å². The molecule has 5 heteroatoms. The Hall–Kier alpha value is -1.25. The zero-order valence-electron chi connectivity index (χ0n) is 10.1. The molecule has 0 bridgehead atoms. The number of methoxy groups -OCH3 is 1. The molecule has 0 aromatic heterocycles. The van der Waals surface area contributed by atoms with Gasteiger partial charge in [0.1, 0.15) is 6.07 Å². The van der Waals surface area contributed by atoms with Crippen molar-refractivity contribution in [2.45, 2.75) is 19.6 Å². The Kier molecular flexibility index (Phi) is 5.26. The highest BCUT2D eigenvalue weighted by Gasteiger charge is 2.14. The molecule has 1 unspecified atom stereocenters. The van der Waals surface area contributed by atoms with Crippen LogP contribution in [0.4, 0.5) is 0 Å². The van der Waals surface area contributed by atoms with Gasteiger partial charge in [-0.2, -0.15) is 5.26 Å². The Morgan fingerprint density at radius 3 is 2.76 bits per heavy atom. The maximum Gasteiger partial charge on any atom is 0.181 e. The van der Waals surface area contributed by atoms with Crippen LogP contribution >= 0.6 is 15.9 Å². The van der Waals surface area contributed by atoms with Gasteiger partial charge in [-0.1, -0.05) is 0 Å². The third-order valence-corrected chi connectivity index (χ3v) is 2.74. The van der Waals surface area contributed by atoms with Gasteiger partial charge in [-0.15, -0.1) is 0 Å². The van der Waals surface area contributed by atoms with Crippen molar-refractivity contribution in [3.05, 3.63) is 22.2 Å². The average molecular weight is 299 g/mol. The Bertz CT molecular complexity index is 429. The molecule has 1 rings (SSSR count). The first-order valence-electron chi connectivity index (χ1n) is 5.19. The topological polar surface area (TPSA) is 54.3 Å². The van der Waals surface area contributed by atoms with Crippen LogP contribution in [-0.2, 0) is 6.54 Å². The number of hydrogen-bond donors (Lipinski definition) is 1. The molecule has 0 heterocycles. The lowest BCUT2D eigenvalue weighted by atomic mass is 10.2. The molecule has 0 amide bonds. The van der Waals surface area contributed by atoms with E-state index in [4.69, 9.17) is 14.7 Å². The predicted octanol–water partition coefficient (Wildman–Crippen LogP) is 2.47. The standard InChI is InChI=1S/C12H15BrN2O2/c1-8(6-14)17-12-10(13)4-9(7-15-2)5-11(12)16-3/h4-5,8,15H,7H2,1-3H3. The van der Waals surface area contributed by atoms with E-state index in [1.807, 2.05) is 25.2 Å². The summed E-state index contributed by atoms with van der Waals surface area (Å²) in [6.07, 6.45) is -0.518. The molecule has 4 nitrogen and oxygen atoms in total. The summed E-state index contributed by atoms with van der Waals surface area (Å²) in [5.41, 5.74) is 1.08. The van der Waals surface area contributed by atoms with Gasteiger partial charge >= 0.3 is 0 Å². The summed E-state index contributed by atoms with van der Waals surface area (Å²) in [7, 11) is 3.46. The summed E-state index contributed by atoms with van der Waals surface area (Å²) >= 11 is 3.42. The Labute approximate surface area is 110 Å². The van der Waals surface area contributed by atoms with Gasteiger partial charge in [-0.05, 0) is 47.6 Å². The first kappa shape index (κ1) is 13.8. The van der Waals surface area contributed by atoms with Crippen molar-refractivity contribution in [1.82, 2.24) is 5.32 Å². The quantitative estimate of drug-likeness (QED) is 0.907. The van der Waals surface area contributed by atoms with Gasteiger partial charge in [0.2, 0.25) is 0 Å². The molecule has 0 fully saturated rings. The molecule has 0 saturated heterocycles.